The monoisotopic (exact) mass is 234 g/mol. The van der Waals surface area contributed by atoms with Gasteiger partial charge in [-0.1, -0.05) is 0 Å². The predicted octanol–water partition coefficient (Wildman–Crippen LogP) is 2.39. The highest BCUT2D eigenvalue weighted by atomic mass is 32.2. The molecule has 0 fully saturated rings. The third-order valence-corrected chi connectivity index (χ3v) is 3.14. The van der Waals surface area contributed by atoms with Gasteiger partial charge in [-0.3, -0.25) is 0 Å². The third-order valence-electron chi connectivity index (χ3n) is 2.29. The van der Waals surface area contributed by atoms with Crippen molar-refractivity contribution in [2.75, 3.05) is 6.61 Å². The van der Waals surface area contributed by atoms with Gasteiger partial charge in [-0.05, 0) is 33.1 Å². The minimum Gasteiger partial charge on any atom is -0.469 e. The lowest BCUT2D eigenvalue weighted by Gasteiger charge is -2.22. The average molecular weight is 234 g/mol. The van der Waals surface area contributed by atoms with Gasteiger partial charge in [0.2, 0.25) is 0 Å². The largest absolute Gasteiger partial charge is 0.469 e. The Morgan fingerprint density at radius 3 is 2.73 bits per heavy atom. The summed E-state index contributed by atoms with van der Waals surface area (Å²) in [5.74, 6) is 0.642. The van der Waals surface area contributed by atoms with E-state index in [1.807, 2.05) is 6.92 Å². The van der Waals surface area contributed by atoms with E-state index in [2.05, 4.69) is 0 Å². The molecule has 0 spiro atoms. The molecule has 2 atom stereocenters. The molecule has 1 rings (SSSR count). The summed E-state index contributed by atoms with van der Waals surface area (Å²) < 4.78 is 30.9. The fourth-order valence-electron chi connectivity index (χ4n) is 1.63. The minimum atomic E-state index is -1.90. The van der Waals surface area contributed by atoms with Crippen LogP contribution in [-0.4, -0.2) is 21.7 Å². The molecule has 15 heavy (non-hydrogen) atoms. The smallest absolute Gasteiger partial charge is 0.196 e. The van der Waals surface area contributed by atoms with E-state index < -0.39 is 11.1 Å². The Kier molecular flexibility index (Phi) is 5.28. The van der Waals surface area contributed by atoms with E-state index in [-0.39, 0.29) is 6.29 Å². The molecule has 0 radical (unpaired) electrons. The summed E-state index contributed by atoms with van der Waals surface area (Å²) in [7, 11) is 0. The number of rotatable bonds is 5. The van der Waals surface area contributed by atoms with Crippen molar-refractivity contribution < 1.29 is 18.2 Å². The molecule has 0 aromatic carbocycles. The van der Waals surface area contributed by atoms with Crippen LogP contribution < -0.4 is 0 Å². The molecule has 2 unspecified atom stereocenters. The van der Waals surface area contributed by atoms with Crippen LogP contribution in [0.3, 0.4) is 0 Å². The van der Waals surface area contributed by atoms with Crippen LogP contribution in [0.15, 0.2) is 10.7 Å². The molecule has 0 heterocycles. The molecule has 0 aromatic heterocycles. The Labute approximate surface area is 92.9 Å². The van der Waals surface area contributed by atoms with Crippen LogP contribution in [0.5, 0.6) is 0 Å². The summed E-state index contributed by atoms with van der Waals surface area (Å²) in [4.78, 5) is 0.521. The second kappa shape index (κ2) is 6.25. The van der Waals surface area contributed by atoms with Crippen LogP contribution in [0.1, 0.15) is 39.5 Å². The van der Waals surface area contributed by atoms with E-state index in [0.29, 0.717) is 23.7 Å². The highest BCUT2D eigenvalue weighted by Gasteiger charge is 2.20. The zero-order valence-electron chi connectivity index (χ0n) is 9.19. The van der Waals surface area contributed by atoms with E-state index >= 15 is 0 Å². The van der Waals surface area contributed by atoms with Gasteiger partial charge in [-0.15, -0.1) is 0 Å². The fourth-order valence-corrected chi connectivity index (χ4v) is 2.29. The molecule has 0 amide bonds. The molecular weight excluding hydrogens is 216 g/mol. The van der Waals surface area contributed by atoms with Gasteiger partial charge in [-0.25, -0.2) is 4.21 Å². The Morgan fingerprint density at radius 2 is 2.13 bits per heavy atom. The molecule has 0 bridgehead atoms. The van der Waals surface area contributed by atoms with Gasteiger partial charge >= 0.3 is 0 Å². The summed E-state index contributed by atoms with van der Waals surface area (Å²) in [6, 6.07) is 0. The summed E-state index contributed by atoms with van der Waals surface area (Å²) in [6.45, 7) is 4.26. The van der Waals surface area contributed by atoms with Gasteiger partial charge in [0.25, 0.3) is 0 Å². The standard InChI is InChI=1S/C10H18O4S/c1-3-13-8(2)14-9-6-4-5-7-10(9)15(11)12/h8H,3-7H2,1-2H3,(H,11,12). The molecule has 0 saturated carbocycles. The molecule has 0 saturated heterocycles. The van der Waals surface area contributed by atoms with Gasteiger partial charge in [0, 0.05) is 13.0 Å². The van der Waals surface area contributed by atoms with Gasteiger partial charge in [0.15, 0.2) is 17.4 Å². The van der Waals surface area contributed by atoms with Crippen molar-refractivity contribution in [1.29, 1.82) is 0 Å². The lowest BCUT2D eigenvalue weighted by molar-refractivity contribution is -0.102. The molecular formula is C10H18O4S. The summed E-state index contributed by atoms with van der Waals surface area (Å²) in [6.07, 6.45) is 3.00. The first kappa shape index (κ1) is 12.7. The minimum absolute atomic E-state index is 0.346. The lowest BCUT2D eigenvalue weighted by Crippen LogP contribution is -2.16. The van der Waals surface area contributed by atoms with Crippen molar-refractivity contribution in [3.8, 4) is 0 Å². The van der Waals surface area contributed by atoms with Crippen LogP contribution in [0.25, 0.3) is 0 Å². The van der Waals surface area contributed by atoms with Crippen LogP contribution in [0.4, 0.5) is 0 Å². The molecule has 1 N–H and O–H groups in total. The van der Waals surface area contributed by atoms with Crippen LogP contribution in [0, 0.1) is 0 Å². The van der Waals surface area contributed by atoms with Crippen molar-refractivity contribution in [3.63, 3.8) is 0 Å². The van der Waals surface area contributed by atoms with E-state index in [1.165, 1.54) is 0 Å². The SMILES string of the molecule is CCOC(C)OC1=C(S(=O)O)CCCC1. The maximum atomic E-state index is 11.0. The van der Waals surface area contributed by atoms with Gasteiger partial charge in [0.1, 0.15) is 5.76 Å². The van der Waals surface area contributed by atoms with Crippen molar-refractivity contribution in [2.24, 2.45) is 0 Å². The Balaban J connectivity index is 2.66. The Morgan fingerprint density at radius 1 is 1.47 bits per heavy atom. The highest BCUT2D eigenvalue weighted by molar-refractivity contribution is 7.83. The molecule has 1 aliphatic rings. The average Bonchev–Trinajstić information content (AvgIpc) is 2.18. The van der Waals surface area contributed by atoms with Crippen molar-refractivity contribution >= 4 is 11.1 Å². The second-order valence-corrected chi connectivity index (χ2v) is 4.43. The number of hydrogen-bond acceptors (Lipinski definition) is 3. The van der Waals surface area contributed by atoms with Crippen molar-refractivity contribution in [3.05, 3.63) is 10.7 Å². The first-order chi connectivity index (χ1) is 7.15. The zero-order chi connectivity index (χ0) is 11.3. The Bertz CT molecular complexity index is 262. The predicted molar refractivity (Wildman–Crippen MR) is 58.4 cm³/mol. The molecule has 0 aromatic rings. The third kappa shape index (κ3) is 3.93. The zero-order valence-corrected chi connectivity index (χ0v) is 10.0. The first-order valence-corrected chi connectivity index (χ1v) is 6.37. The highest BCUT2D eigenvalue weighted by Crippen LogP contribution is 2.28. The summed E-state index contributed by atoms with van der Waals surface area (Å²) in [5, 5.41) is 0. The molecule has 1 aliphatic carbocycles. The quantitative estimate of drug-likeness (QED) is 0.586. The fraction of sp³-hybridized carbons (Fsp3) is 0.800. The molecule has 0 aliphatic heterocycles. The lowest BCUT2D eigenvalue weighted by atomic mass is 10.1. The summed E-state index contributed by atoms with van der Waals surface area (Å²) >= 11 is -1.90. The van der Waals surface area contributed by atoms with Crippen molar-refractivity contribution in [2.45, 2.75) is 45.8 Å². The normalized spacial score (nSPS) is 21.3. The topological polar surface area (TPSA) is 55.8 Å². The van der Waals surface area contributed by atoms with E-state index in [1.54, 1.807) is 6.92 Å². The molecule has 5 heteroatoms. The van der Waals surface area contributed by atoms with Crippen LogP contribution >= 0.6 is 0 Å². The molecule has 88 valence electrons. The van der Waals surface area contributed by atoms with Crippen molar-refractivity contribution in [1.82, 2.24) is 0 Å². The molecule has 4 nitrogen and oxygen atoms in total. The first-order valence-electron chi connectivity index (χ1n) is 5.26. The van der Waals surface area contributed by atoms with E-state index in [9.17, 15) is 4.21 Å². The maximum Gasteiger partial charge on any atom is 0.196 e. The van der Waals surface area contributed by atoms with Crippen LogP contribution in [0.2, 0.25) is 0 Å². The summed E-state index contributed by atoms with van der Waals surface area (Å²) in [5.41, 5.74) is 0. The van der Waals surface area contributed by atoms with Gasteiger partial charge in [-0.2, -0.15) is 0 Å². The van der Waals surface area contributed by atoms with Crippen LogP contribution in [-0.2, 0) is 20.6 Å². The van der Waals surface area contributed by atoms with E-state index in [4.69, 9.17) is 14.0 Å². The number of hydrogen-bond donors (Lipinski definition) is 1. The Hall–Kier alpha value is -0.390. The number of allylic oxidation sites excluding steroid dienone is 2. The van der Waals surface area contributed by atoms with E-state index in [0.717, 1.165) is 19.3 Å². The maximum absolute atomic E-state index is 11.0. The van der Waals surface area contributed by atoms with Gasteiger partial charge in [0.05, 0.1) is 4.91 Å². The van der Waals surface area contributed by atoms with Gasteiger partial charge < -0.3 is 14.0 Å². The number of ether oxygens (including phenoxy) is 2. The second-order valence-electron chi connectivity index (χ2n) is 3.44.